The summed E-state index contributed by atoms with van der Waals surface area (Å²) in [6.45, 7) is 7.15. The van der Waals surface area contributed by atoms with Gasteiger partial charge in [0.15, 0.2) is 0 Å². The molecule has 2 aromatic rings. The number of aromatic nitrogens is 1. The Bertz CT molecular complexity index is 849. The average Bonchev–Trinajstić information content (AvgIpc) is 3.20. The number of carbonyl (C=O) groups is 1. The molecule has 0 saturated carbocycles. The molecule has 1 N–H and O–H groups in total. The van der Waals surface area contributed by atoms with Crippen molar-refractivity contribution in [3.8, 4) is 11.1 Å². The van der Waals surface area contributed by atoms with Gasteiger partial charge in [0.1, 0.15) is 0 Å². The van der Waals surface area contributed by atoms with E-state index in [4.69, 9.17) is 4.74 Å². The SMILES string of the molecule is Cc1ncccc1-c1ccc(C(CN2CCOCC2)NC(=O)C2CCCN2C)cc1. The summed E-state index contributed by atoms with van der Waals surface area (Å²) in [7, 11) is 2.04. The molecular weight excluding hydrogens is 376 g/mol. The highest BCUT2D eigenvalue weighted by atomic mass is 16.5. The molecule has 2 unspecified atom stereocenters. The quantitative estimate of drug-likeness (QED) is 0.796. The third-order valence-corrected chi connectivity index (χ3v) is 6.32. The Labute approximate surface area is 179 Å². The molecule has 0 bridgehead atoms. The Morgan fingerprint density at radius 3 is 2.63 bits per heavy atom. The van der Waals surface area contributed by atoms with Crippen LogP contribution >= 0.6 is 0 Å². The number of nitrogens with zero attached hydrogens (tertiary/aromatic N) is 3. The summed E-state index contributed by atoms with van der Waals surface area (Å²) in [6.07, 6.45) is 3.84. The summed E-state index contributed by atoms with van der Waals surface area (Å²) in [5.41, 5.74) is 4.45. The lowest BCUT2D eigenvalue weighted by Crippen LogP contribution is -2.47. The monoisotopic (exact) mass is 408 g/mol. The maximum absolute atomic E-state index is 13.0. The zero-order chi connectivity index (χ0) is 20.9. The standard InChI is InChI=1S/C24H32N4O2/c1-18-21(5-3-11-25-18)19-7-9-20(10-8-19)22(17-28-13-15-30-16-14-28)26-24(29)23-6-4-12-27(23)2/h3,5,7-11,22-23H,4,6,12-17H2,1-2H3,(H,26,29). The molecular formula is C24H32N4O2. The van der Waals surface area contributed by atoms with Crippen LogP contribution in [0, 0.1) is 6.92 Å². The highest BCUT2D eigenvalue weighted by Crippen LogP contribution is 2.25. The van der Waals surface area contributed by atoms with Gasteiger partial charge in [-0.05, 0) is 50.6 Å². The van der Waals surface area contributed by atoms with Crippen molar-refractivity contribution in [3.05, 3.63) is 53.9 Å². The molecule has 3 heterocycles. The van der Waals surface area contributed by atoms with Crippen molar-refractivity contribution in [2.45, 2.75) is 31.8 Å². The van der Waals surface area contributed by atoms with Crippen LogP contribution in [0.4, 0.5) is 0 Å². The van der Waals surface area contributed by atoms with Gasteiger partial charge in [-0.2, -0.15) is 0 Å². The minimum Gasteiger partial charge on any atom is -0.379 e. The number of carbonyl (C=O) groups excluding carboxylic acids is 1. The molecule has 1 aromatic heterocycles. The Hall–Kier alpha value is -2.28. The minimum atomic E-state index is -0.0337. The Kier molecular flexibility index (Phi) is 6.77. The molecule has 2 atom stereocenters. The van der Waals surface area contributed by atoms with Crippen LogP contribution in [0.5, 0.6) is 0 Å². The number of likely N-dealkylation sites (tertiary alicyclic amines) is 1. The average molecular weight is 409 g/mol. The maximum atomic E-state index is 13.0. The third kappa shape index (κ3) is 4.89. The second-order valence-electron chi connectivity index (χ2n) is 8.37. The first kappa shape index (κ1) is 21.0. The summed E-state index contributed by atoms with van der Waals surface area (Å²) in [5.74, 6) is 0.139. The van der Waals surface area contributed by atoms with Crippen LogP contribution < -0.4 is 5.32 Å². The van der Waals surface area contributed by atoms with Crippen molar-refractivity contribution in [2.24, 2.45) is 0 Å². The minimum absolute atomic E-state index is 0.0190. The number of likely N-dealkylation sites (N-methyl/N-ethyl adjacent to an activating group) is 1. The number of nitrogens with one attached hydrogen (secondary N) is 1. The van der Waals surface area contributed by atoms with Crippen LogP contribution in [0.1, 0.15) is 30.1 Å². The molecule has 1 aromatic carbocycles. The number of rotatable bonds is 6. The van der Waals surface area contributed by atoms with E-state index in [0.29, 0.717) is 0 Å². The summed E-state index contributed by atoms with van der Waals surface area (Å²) in [4.78, 5) is 22.0. The first-order valence-corrected chi connectivity index (χ1v) is 10.9. The zero-order valence-corrected chi connectivity index (χ0v) is 18.0. The molecule has 2 saturated heterocycles. The fourth-order valence-electron chi connectivity index (χ4n) is 4.47. The first-order valence-electron chi connectivity index (χ1n) is 10.9. The molecule has 4 rings (SSSR count). The van der Waals surface area contributed by atoms with E-state index in [0.717, 1.165) is 74.6 Å². The van der Waals surface area contributed by atoms with Gasteiger partial charge in [-0.25, -0.2) is 0 Å². The lowest BCUT2D eigenvalue weighted by atomic mass is 9.99. The van der Waals surface area contributed by atoms with Gasteiger partial charge >= 0.3 is 0 Å². The van der Waals surface area contributed by atoms with Crippen LogP contribution in [-0.2, 0) is 9.53 Å². The predicted octanol–water partition coefficient (Wildman–Crippen LogP) is 2.64. The fraction of sp³-hybridized carbons (Fsp3) is 0.500. The van der Waals surface area contributed by atoms with Gasteiger partial charge in [0.25, 0.3) is 0 Å². The molecule has 2 fully saturated rings. The molecule has 0 aliphatic carbocycles. The van der Waals surface area contributed by atoms with E-state index in [1.807, 2.05) is 26.2 Å². The van der Waals surface area contributed by atoms with Crippen molar-refractivity contribution in [1.29, 1.82) is 0 Å². The van der Waals surface area contributed by atoms with E-state index in [2.05, 4.69) is 50.4 Å². The Morgan fingerprint density at radius 2 is 1.97 bits per heavy atom. The normalized spacial score (nSPS) is 21.5. The van der Waals surface area contributed by atoms with Crippen molar-refractivity contribution in [3.63, 3.8) is 0 Å². The second kappa shape index (κ2) is 9.69. The maximum Gasteiger partial charge on any atom is 0.237 e. The number of morpholine rings is 1. The summed E-state index contributed by atoms with van der Waals surface area (Å²) in [5, 5.41) is 3.35. The number of benzene rings is 1. The number of hydrogen-bond acceptors (Lipinski definition) is 5. The molecule has 0 radical (unpaired) electrons. The predicted molar refractivity (Wildman–Crippen MR) is 118 cm³/mol. The van der Waals surface area contributed by atoms with Gasteiger partial charge in [-0.15, -0.1) is 0 Å². The summed E-state index contributed by atoms with van der Waals surface area (Å²) >= 11 is 0. The smallest absolute Gasteiger partial charge is 0.237 e. The highest BCUT2D eigenvalue weighted by molar-refractivity contribution is 5.82. The Morgan fingerprint density at radius 1 is 1.20 bits per heavy atom. The summed E-state index contributed by atoms with van der Waals surface area (Å²) < 4.78 is 5.50. The van der Waals surface area contributed by atoms with Gasteiger partial charge in [0, 0.05) is 37.1 Å². The molecule has 6 heteroatoms. The molecule has 160 valence electrons. The topological polar surface area (TPSA) is 57.7 Å². The van der Waals surface area contributed by atoms with E-state index >= 15 is 0 Å². The van der Waals surface area contributed by atoms with E-state index in [-0.39, 0.29) is 18.0 Å². The number of ether oxygens (including phenoxy) is 1. The van der Waals surface area contributed by atoms with Crippen molar-refractivity contribution < 1.29 is 9.53 Å². The number of amides is 1. The number of hydrogen-bond donors (Lipinski definition) is 1. The second-order valence-corrected chi connectivity index (χ2v) is 8.37. The van der Waals surface area contributed by atoms with Crippen molar-refractivity contribution in [1.82, 2.24) is 20.1 Å². The van der Waals surface area contributed by atoms with E-state index < -0.39 is 0 Å². The molecule has 2 aliphatic heterocycles. The van der Waals surface area contributed by atoms with Gasteiger partial charge in [0.2, 0.25) is 5.91 Å². The van der Waals surface area contributed by atoms with Gasteiger partial charge in [-0.3, -0.25) is 19.6 Å². The lowest BCUT2D eigenvalue weighted by molar-refractivity contribution is -0.126. The van der Waals surface area contributed by atoms with Crippen LogP contribution in [-0.4, -0.2) is 73.2 Å². The molecule has 0 spiro atoms. The molecule has 6 nitrogen and oxygen atoms in total. The van der Waals surface area contributed by atoms with Crippen LogP contribution in [0.3, 0.4) is 0 Å². The summed E-state index contributed by atoms with van der Waals surface area (Å²) in [6, 6.07) is 12.6. The largest absolute Gasteiger partial charge is 0.379 e. The van der Waals surface area contributed by atoms with Crippen molar-refractivity contribution in [2.75, 3.05) is 46.4 Å². The molecule has 30 heavy (non-hydrogen) atoms. The highest BCUT2D eigenvalue weighted by Gasteiger charge is 2.30. The van der Waals surface area contributed by atoms with Gasteiger partial charge in [-0.1, -0.05) is 30.3 Å². The van der Waals surface area contributed by atoms with Gasteiger partial charge in [0.05, 0.1) is 25.3 Å². The first-order chi connectivity index (χ1) is 14.6. The van der Waals surface area contributed by atoms with Crippen LogP contribution in [0.25, 0.3) is 11.1 Å². The molecule has 2 aliphatic rings. The third-order valence-electron chi connectivity index (χ3n) is 6.32. The number of aryl methyl sites for hydroxylation is 1. The number of pyridine rings is 1. The van der Waals surface area contributed by atoms with E-state index in [1.54, 1.807) is 0 Å². The molecule has 1 amide bonds. The zero-order valence-electron chi connectivity index (χ0n) is 18.0. The Balaban J connectivity index is 1.53. The van der Waals surface area contributed by atoms with E-state index in [1.165, 1.54) is 0 Å². The van der Waals surface area contributed by atoms with E-state index in [9.17, 15) is 4.79 Å². The fourth-order valence-corrected chi connectivity index (χ4v) is 4.47. The van der Waals surface area contributed by atoms with Gasteiger partial charge < -0.3 is 10.1 Å². The lowest BCUT2D eigenvalue weighted by Gasteiger charge is -2.32. The van der Waals surface area contributed by atoms with Crippen molar-refractivity contribution >= 4 is 5.91 Å². The van der Waals surface area contributed by atoms with Crippen LogP contribution in [0.2, 0.25) is 0 Å². The van der Waals surface area contributed by atoms with Crippen LogP contribution in [0.15, 0.2) is 42.6 Å².